The zero-order chi connectivity index (χ0) is 39.2. The summed E-state index contributed by atoms with van der Waals surface area (Å²) in [5.41, 5.74) is -3.73. The number of hydrogen-bond acceptors (Lipinski definition) is 14. The van der Waals surface area contributed by atoms with E-state index in [-0.39, 0.29) is 30.9 Å². The van der Waals surface area contributed by atoms with E-state index in [1.165, 1.54) is 14.0 Å². The summed E-state index contributed by atoms with van der Waals surface area (Å²) in [7, 11) is 1.54. The van der Waals surface area contributed by atoms with Crippen molar-refractivity contribution in [3.63, 3.8) is 0 Å². The first-order valence-electron chi connectivity index (χ1n) is 20.0. The number of nitrogens with one attached hydrogen (secondary N) is 1. The summed E-state index contributed by atoms with van der Waals surface area (Å²) in [5, 5.41) is 49.1. The molecule has 5 saturated heterocycles. The van der Waals surface area contributed by atoms with E-state index in [1.807, 2.05) is 27.7 Å². The summed E-state index contributed by atoms with van der Waals surface area (Å²) < 4.78 is 45.5. The SMILES string of the molecule is CC[C@@H](O)[C@@](C)(O)[C@@H]1OC(=O)[C@H](C)[C@@H](O[C@H]2CC(C)(OC)[C@@H](O)C(C)O2)[C@H](C)[C@@H](O[C@@H]2OC(C)CC(N3CCNCC3)C2O)[C@@]2(C)CC(C)C(O2)[C@@H]1C. The van der Waals surface area contributed by atoms with Crippen molar-refractivity contribution in [1.29, 1.82) is 0 Å². The number of piperazine rings is 1. The van der Waals surface area contributed by atoms with Gasteiger partial charge in [0, 0.05) is 57.6 Å². The van der Waals surface area contributed by atoms with Gasteiger partial charge in [0.05, 0.1) is 53.7 Å². The van der Waals surface area contributed by atoms with Gasteiger partial charge < -0.3 is 58.9 Å². The van der Waals surface area contributed by atoms with Crippen molar-refractivity contribution in [1.82, 2.24) is 10.2 Å². The lowest BCUT2D eigenvalue weighted by Crippen LogP contribution is -2.62. The lowest BCUT2D eigenvalue weighted by Gasteiger charge is -2.49. The summed E-state index contributed by atoms with van der Waals surface area (Å²) in [5.74, 6) is -2.67. The predicted octanol–water partition coefficient (Wildman–Crippen LogP) is 1.97. The lowest BCUT2D eigenvalue weighted by molar-refractivity contribution is -0.318. The fraction of sp³-hybridized carbons (Fsp3) is 0.974. The molecule has 2 bridgehead atoms. The minimum absolute atomic E-state index is 0.0589. The topological polar surface area (TPSA) is 178 Å². The first kappa shape index (κ1) is 43.1. The number of aliphatic hydroxyl groups excluding tert-OH is 3. The van der Waals surface area contributed by atoms with Gasteiger partial charge in [-0.25, -0.2) is 0 Å². The third kappa shape index (κ3) is 8.64. The van der Waals surface area contributed by atoms with Crippen LogP contribution in [0.4, 0.5) is 0 Å². The van der Waals surface area contributed by atoms with E-state index in [9.17, 15) is 25.2 Å². The molecule has 0 aliphatic carbocycles. The van der Waals surface area contributed by atoms with E-state index in [1.54, 1.807) is 27.7 Å². The molecule has 5 N–H and O–H groups in total. The molecule has 14 nitrogen and oxygen atoms in total. The number of methoxy groups -OCH3 is 1. The van der Waals surface area contributed by atoms with Crippen LogP contribution >= 0.6 is 0 Å². The Balaban J connectivity index is 1.57. The first-order chi connectivity index (χ1) is 24.8. The molecule has 0 saturated carbocycles. The van der Waals surface area contributed by atoms with Crippen LogP contribution in [0.5, 0.6) is 0 Å². The van der Waals surface area contributed by atoms with Crippen LogP contribution in [0.3, 0.4) is 0 Å². The second kappa shape index (κ2) is 16.8. The van der Waals surface area contributed by atoms with Gasteiger partial charge in [-0.15, -0.1) is 0 Å². The van der Waals surface area contributed by atoms with Crippen LogP contribution in [-0.2, 0) is 38.0 Å². The minimum atomic E-state index is -1.79. The van der Waals surface area contributed by atoms with E-state index < -0.39 is 102 Å². The van der Waals surface area contributed by atoms with Crippen molar-refractivity contribution in [2.45, 2.75) is 185 Å². The van der Waals surface area contributed by atoms with Gasteiger partial charge in [-0.05, 0) is 66.7 Å². The largest absolute Gasteiger partial charge is 0.459 e. The third-order valence-electron chi connectivity index (χ3n) is 13.3. The second-order valence-electron chi connectivity index (χ2n) is 17.6. The normalized spacial score (nSPS) is 49.4. The Kier molecular flexibility index (Phi) is 13.7. The molecule has 5 aliphatic heterocycles. The number of ether oxygens (including phenoxy) is 7. The van der Waals surface area contributed by atoms with Gasteiger partial charge in [0.15, 0.2) is 12.6 Å². The maximum atomic E-state index is 14.4. The predicted molar refractivity (Wildman–Crippen MR) is 195 cm³/mol. The van der Waals surface area contributed by atoms with Crippen molar-refractivity contribution in [2.75, 3.05) is 33.3 Å². The van der Waals surface area contributed by atoms with Gasteiger partial charge in [0.2, 0.25) is 0 Å². The summed E-state index contributed by atoms with van der Waals surface area (Å²) in [4.78, 5) is 16.7. The Bertz CT molecular complexity index is 1220. The lowest BCUT2D eigenvalue weighted by atomic mass is 9.76. The number of aliphatic hydroxyl groups is 4. The molecule has 14 heteroatoms. The molecule has 0 amide bonds. The van der Waals surface area contributed by atoms with E-state index in [2.05, 4.69) is 17.1 Å². The van der Waals surface area contributed by atoms with Gasteiger partial charge in [0.25, 0.3) is 0 Å². The number of fused-ring (bicyclic) bond motifs is 2. The summed E-state index contributed by atoms with van der Waals surface area (Å²) in [6.07, 6.45) is -7.29. The minimum Gasteiger partial charge on any atom is -0.459 e. The van der Waals surface area contributed by atoms with Crippen molar-refractivity contribution >= 4 is 5.97 Å². The molecule has 53 heavy (non-hydrogen) atoms. The maximum Gasteiger partial charge on any atom is 0.311 e. The molecule has 0 radical (unpaired) electrons. The molecule has 0 aromatic heterocycles. The van der Waals surface area contributed by atoms with Crippen LogP contribution in [0.15, 0.2) is 0 Å². The summed E-state index contributed by atoms with van der Waals surface area (Å²) in [6, 6.07) is -0.169. The highest BCUT2D eigenvalue weighted by molar-refractivity contribution is 5.73. The highest BCUT2D eigenvalue weighted by Gasteiger charge is 2.59. The maximum absolute atomic E-state index is 14.4. The summed E-state index contributed by atoms with van der Waals surface area (Å²) >= 11 is 0. The smallest absolute Gasteiger partial charge is 0.311 e. The third-order valence-corrected chi connectivity index (χ3v) is 13.3. The van der Waals surface area contributed by atoms with Crippen LogP contribution in [-0.4, -0.2) is 155 Å². The highest BCUT2D eigenvalue weighted by atomic mass is 16.7. The van der Waals surface area contributed by atoms with E-state index >= 15 is 0 Å². The second-order valence-corrected chi connectivity index (χ2v) is 17.6. The van der Waals surface area contributed by atoms with Gasteiger partial charge >= 0.3 is 5.97 Å². The Hall–Kier alpha value is -1.01. The molecular weight excluding hydrogens is 688 g/mol. The fourth-order valence-electron chi connectivity index (χ4n) is 10.1. The average molecular weight is 759 g/mol. The van der Waals surface area contributed by atoms with Crippen LogP contribution < -0.4 is 5.32 Å². The van der Waals surface area contributed by atoms with Crippen LogP contribution in [0, 0.1) is 23.7 Å². The molecule has 0 aromatic rings. The van der Waals surface area contributed by atoms with Gasteiger partial charge in [-0.3, -0.25) is 9.69 Å². The van der Waals surface area contributed by atoms with E-state index in [4.69, 9.17) is 33.2 Å². The monoisotopic (exact) mass is 758 g/mol. The Labute approximate surface area is 316 Å². The number of nitrogens with zero attached hydrogens (tertiary/aromatic N) is 1. The molecular formula is C39H70N2O12. The molecule has 5 rings (SSSR count). The van der Waals surface area contributed by atoms with Crippen LogP contribution in [0.1, 0.15) is 94.9 Å². The van der Waals surface area contributed by atoms with Crippen molar-refractivity contribution in [3.05, 3.63) is 0 Å². The van der Waals surface area contributed by atoms with Crippen molar-refractivity contribution in [3.8, 4) is 0 Å². The van der Waals surface area contributed by atoms with E-state index in [0.29, 0.717) is 12.8 Å². The zero-order valence-corrected chi connectivity index (χ0v) is 33.9. The zero-order valence-electron chi connectivity index (χ0n) is 33.9. The Morgan fingerprint density at radius 2 is 1.68 bits per heavy atom. The highest BCUT2D eigenvalue weighted by Crippen LogP contribution is 2.48. The Morgan fingerprint density at radius 1 is 1.02 bits per heavy atom. The average Bonchev–Trinajstić information content (AvgIpc) is 3.44. The number of esters is 1. The number of hydrogen-bond donors (Lipinski definition) is 5. The number of carbonyl (C=O) groups is 1. The molecule has 308 valence electrons. The molecule has 5 heterocycles. The van der Waals surface area contributed by atoms with Crippen molar-refractivity contribution < 1.29 is 58.4 Å². The van der Waals surface area contributed by atoms with E-state index in [0.717, 1.165) is 26.2 Å². The quantitative estimate of drug-likeness (QED) is 0.216. The molecule has 19 atom stereocenters. The van der Waals surface area contributed by atoms with Crippen molar-refractivity contribution in [2.24, 2.45) is 23.7 Å². The molecule has 0 aromatic carbocycles. The van der Waals surface area contributed by atoms with Crippen LogP contribution in [0.2, 0.25) is 0 Å². The van der Waals surface area contributed by atoms with Gasteiger partial charge in [0.1, 0.15) is 23.9 Å². The number of carbonyl (C=O) groups excluding carboxylic acids is 1. The Morgan fingerprint density at radius 3 is 2.30 bits per heavy atom. The first-order valence-corrected chi connectivity index (χ1v) is 20.0. The number of rotatable bonds is 9. The molecule has 5 aliphatic rings. The van der Waals surface area contributed by atoms with Gasteiger partial charge in [-0.2, -0.15) is 0 Å². The standard InChI is InChI=1S/C39H70N2O12/c1-12-27(42)39(10,46)34-22(4)30-20(2)18-38(9,53-30)33(52-36-29(43)26(17-21(3)48-36)41-15-13-40-14-16-41)23(5)31(24(6)35(45)51-34)50-28-19-37(8,47-11)32(44)25(7)49-28/h20-34,36,40,42-44,46H,12-19H2,1-11H3/t20?,21?,22-,23-,24+,25?,26?,27+,28-,29?,30?,31-,32-,33+,34+,36-,37?,38+,39+/m0/s1. The molecule has 0 spiro atoms. The van der Waals surface area contributed by atoms with Crippen LogP contribution in [0.25, 0.3) is 0 Å². The molecule has 7 unspecified atom stereocenters. The van der Waals surface area contributed by atoms with Gasteiger partial charge in [-0.1, -0.05) is 27.7 Å². The molecule has 5 fully saturated rings. The summed E-state index contributed by atoms with van der Waals surface area (Å²) in [6.45, 7) is 21.7. The fourth-order valence-corrected chi connectivity index (χ4v) is 10.1. The number of cyclic esters (lactones) is 1.